The molecule has 0 unspecified atom stereocenters. The molecule has 152 valence electrons. The fraction of sp³-hybridized carbons (Fsp3) is 0.474. The summed E-state index contributed by atoms with van der Waals surface area (Å²) in [5.74, 6) is -0.118. The molecule has 3 rings (SSSR count). The highest BCUT2D eigenvalue weighted by atomic mass is 32.2. The van der Waals surface area contributed by atoms with E-state index in [2.05, 4.69) is 10.0 Å². The molecule has 1 heterocycles. The highest BCUT2D eigenvalue weighted by Gasteiger charge is 2.20. The quantitative estimate of drug-likeness (QED) is 0.635. The van der Waals surface area contributed by atoms with E-state index in [1.165, 1.54) is 49.7 Å². The molecule has 1 aliphatic carbocycles. The number of aryl methyl sites for hydroxylation is 3. The topological polar surface area (TPSA) is 97.4 Å². The van der Waals surface area contributed by atoms with Crippen molar-refractivity contribution in [3.05, 3.63) is 39.3 Å². The van der Waals surface area contributed by atoms with Crippen LogP contribution in [-0.4, -0.2) is 40.0 Å². The molecule has 0 saturated carbocycles. The fourth-order valence-corrected chi connectivity index (χ4v) is 5.31. The maximum absolute atomic E-state index is 12.4. The molecule has 28 heavy (non-hydrogen) atoms. The maximum Gasteiger partial charge on any atom is 0.251 e. The minimum atomic E-state index is -3.72. The van der Waals surface area contributed by atoms with E-state index < -0.39 is 10.0 Å². The van der Waals surface area contributed by atoms with Crippen LogP contribution in [0.1, 0.15) is 45.2 Å². The van der Waals surface area contributed by atoms with E-state index in [0.717, 1.165) is 30.7 Å². The summed E-state index contributed by atoms with van der Waals surface area (Å²) in [6.07, 6.45) is 6.31. The second-order valence-corrected chi connectivity index (χ2v) is 9.64. The summed E-state index contributed by atoms with van der Waals surface area (Å²) >= 11 is 1.79. The molecule has 0 fully saturated rings. The Kier molecular flexibility index (Phi) is 6.69. The Bertz CT molecular complexity index is 931. The number of rotatable bonds is 8. The summed E-state index contributed by atoms with van der Waals surface area (Å²) in [5.41, 5.74) is 1.53. The number of amides is 1. The molecule has 1 aromatic heterocycles. The van der Waals surface area contributed by atoms with E-state index >= 15 is 0 Å². The first-order chi connectivity index (χ1) is 13.4. The van der Waals surface area contributed by atoms with Gasteiger partial charge in [-0.3, -0.25) is 4.79 Å². The van der Waals surface area contributed by atoms with Crippen LogP contribution in [0, 0.1) is 0 Å². The van der Waals surface area contributed by atoms with Gasteiger partial charge in [0.2, 0.25) is 10.0 Å². The number of carbonyl (C=O) groups is 1. The zero-order valence-electron chi connectivity index (χ0n) is 16.1. The Morgan fingerprint density at radius 1 is 1.29 bits per heavy atom. The number of ether oxygens (including phenoxy) is 1. The van der Waals surface area contributed by atoms with Gasteiger partial charge in [-0.05, 0) is 57.4 Å². The van der Waals surface area contributed by atoms with Crippen molar-refractivity contribution in [2.75, 3.05) is 20.7 Å². The van der Waals surface area contributed by atoms with Crippen LogP contribution in [0.15, 0.2) is 23.1 Å². The smallest absolute Gasteiger partial charge is 0.251 e. The zero-order valence-corrected chi connectivity index (χ0v) is 17.7. The lowest BCUT2D eigenvalue weighted by atomic mass is 10.0. The molecule has 1 aliphatic rings. The normalized spacial score (nSPS) is 13.8. The number of benzene rings is 1. The van der Waals surface area contributed by atoms with Gasteiger partial charge < -0.3 is 10.1 Å². The van der Waals surface area contributed by atoms with Crippen LogP contribution in [0.25, 0.3) is 0 Å². The van der Waals surface area contributed by atoms with E-state index in [1.807, 2.05) is 0 Å². The Morgan fingerprint density at radius 2 is 2.07 bits per heavy atom. The largest absolute Gasteiger partial charge is 0.495 e. The van der Waals surface area contributed by atoms with Crippen molar-refractivity contribution in [1.29, 1.82) is 0 Å². The first-order valence-electron chi connectivity index (χ1n) is 9.32. The van der Waals surface area contributed by atoms with Crippen molar-refractivity contribution >= 4 is 27.3 Å². The molecule has 1 amide bonds. The van der Waals surface area contributed by atoms with Crippen LogP contribution < -0.4 is 14.8 Å². The van der Waals surface area contributed by atoms with E-state index in [0.29, 0.717) is 6.54 Å². The molecule has 0 saturated heterocycles. The van der Waals surface area contributed by atoms with Gasteiger partial charge in [0, 0.05) is 23.4 Å². The summed E-state index contributed by atoms with van der Waals surface area (Å²) in [7, 11) is -1.02. The van der Waals surface area contributed by atoms with Gasteiger partial charge in [0.25, 0.3) is 5.91 Å². The Hall–Kier alpha value is -1.97. The number of methoxy groups -OCH3 is 1. The molecule has 9 heteroatoms. The maximum atomic E-state index is 12.4. The Balaban J connectivity index is 1.57. The average molecular weight is 424 g/mol. The highest BCUT2D eigenvalue weighted by molar-refractivity contribution is 7.89. The van der Waals surface area contributed by atoms with Gasteiger partial charge in [0.05, 0.1) is 17.8 Å². The lowest BCUT2D eigenvalue weighted by Gasteiger charge is -2.11. The summed E-state index contributed by atoms with van der Waals surface area (Å²) in [5, 5.41) is 3.98. The van der Waals surface area contributed by atoms with Crippen LogP contribution in [0.5, 0.6) is 5.75 Å². The van der Waals surface area contributed by atoms with Crippen molar-refractivity contribution in [3.63, 3.8) is 0 Å². The molecule has 0 spiro atoms. The van der Waals surface area contributed by atoms with Crippen LogP contribution in [-0.2, 0) is 29.3 Å². The van der Waals surface area contributed by atoms with Gasteiger partial charge in [-0.1, -0.05) is 0 Å². The third-order valence-corrected chi connectivity index (χ3v) is 7.38. The third kappa shape index (κ3) is 4.71. The number of sulfonamides is 1. The fourth-order valence-electron chi connectivity index (χ4n) is 3.19. The summed E-state index contributed by atoms with van der Waals surface area (Å²) in [4.78, 5) is 18.5. The molecule has 2 N–H and O–H groups in total. The van der Waals surface area contributed by atoms with Gasteiger partial charge in [-0.2, -0.15) is 0 Å². The lowest BCUT2D eigenvalue weighted by molar-refractivity contribution is 0.0953. The molecule has 0 bridgehead atoms. The van der Waals surface area contributed by atoms with Crippen molar-refractivity contribution < 1.29 is 17.9 Å². The zero-order chi connectivity index (χ0) is 20.1. The number of hydrogen-bond donors (Lipinski definition) is 2. The predicted molar refractivity (Wildman–Crippen MR) is 109 cm³/mol. The summed E-state index contributed by atoms with van der Waals surface area (Å²) in [6.45, 7) is 0.503. The molecule has 2 aromatic rings. The van der Waals surface area contributed by atoms with E-state index in [4.69, 9.17) is 9.72 Å². The minimum absolute atomic E-state index is 0.0569. The molecule has 0 radical (unpaired) electrons. The molecular formula is C19H25N3O4S2. The number of nitrogens with one attached hydrogen (secondary N) is 2. The second-order valence-electron chi connectivity index (χ2n) is 6.62. The third-order valence-electron chi connectivity index (χ3n) is 4.73. The summed E-state index contributed by atoms with van der Waals surface area (Å²) < 4.78 is 31.6. The number of aromatic nitrogens is 1. The second kappa shape index (κ2) is 9.02. The Morgan fingerprint density at radius 3 is 2.79 bits per heavy atom. The van der Waals surface area contributed by atoms with E-state index in [9.17, 15) is 13.2 Å². The first-order valence-corrected chi connectivity index (χ1v) is 11.6. The minimum Gasteiger partial charge on any atom is -0.495 e. The monoisotopic (exact) mass is 423 g/mol. The van der Waals surface area contributed by atoms with Crippen LogP contribution >= 0.6 is 11.3 Å². The lowest BCUT2D eigenvalue weighted by Crippen LogP contribution is -2.26. The number of thiazole rings is 1. The van der Waals surface area contributed by atoms with E-state index in [-0.39, 0.29) is 22.1 Å². The number of nitrogens with zero attached hydrogens (tertiary/aromatic N) is 1. The SMILES string of the molecule is CNS(=O)(=O)c1cc(C(=O)NCCCc2nc3c(s2)CCCC3)ccc1OC. The predicted octanol–water partition coefficient (Wildman–Crippen LogP) is 2.30. The molecule has 0 atom stereocenters. The standard InChI is InChI=1S/C19H25N3O4S2/c1-20-28(24,25)17-12-13(9-10-15(17)26-2)19(23)21-11-5-8-18-22-14-6-3-4-7-16(14)27-18/h9-10,12,20H,3-8,11H2,1-2H3,(H,21,23). The van der Waals surface area contributed by atoms with E-state index in [1.54, 1.807) is 17.4 Å². The van der Waals surface area contributed by atoms with Gasteiger partial charge in [-0.15, -0.1) is 11.3 Å². The molecule has 1 aromatic carbocycles. The van der Waals surface area contributed by atoms with Gasteiger partial charge in [-0.25, -0.2) is 18.1 Å². The van der Waals surface area contributed by atoms with Crippen LogP contribution in [0.3, 0.4) is 0 Å². The highest BCUT2D eigenvalue weighted by Crippen LogP contribution is 2.27. The van der Waals surface area contributed by atoms with Crippen LogP contribution in [0.4, 0.5) is 0 Å². The Labute approximate surface area is 169 Å². The number of fused-ring (bicyclic) bond motifs is 1. The average Bonchev–Trinajstić information content (AvgIpc) is 3.13. The van der Waals surface area contributed by atoms with Gasteiger partial charge in [0.1, 0.15) is 10.6 Å². The molecule has 0 aliphatic heterocycles. The van der Waals surface area contributed by atoms with Crippen molar-refractivity contribution in [3.8, 4) is 5.75 Å². The number of hydrogen-bond acceptors (Lipinski definition) is 6. The molecular weight excluding hydrogens is 398 g/mol. The molecule has 7 nitrogen and oxygen atoms in total. The van der Waals surface area contributed by atoms with Crippen molar-refractivity contribution in [1.82, 2.24) is 15.0 Å². The van der Waals surface area contributed by atoms with Crippen LogP contribution in [0.2, 0.25) is 0 Å². The van der Waals surface area contributed by atoms with Gasteiger partial charge in [0.15, 0.2) is 0 Å². The van der Waals surface area contributed by atoms with Crippen molar-refractivity contribution in [2.45, 2.75) is 43.4 Å². The first kappa shape index (κ1) is 20.8. The van der Waals surface area contributed by atoms with Crippen molar-refractivity contribution in [2.24, 2.45) is 0 Å². The van der Waals surface area contributed by atoms with Gasteiger partial charge >= 0.3 is 0 Å². The number of carbonyl (C=O) groups excluding carboxylic acids is 1. The summed E-state index contributed by atoms with van der Waals surface area (Å²) in [6, 6.07) is 4.37.